The highest BCUT2D eigenvalue weighted by Gasteiger charge is 2.41. The summed E-state index contributed by atoms with van der Waals surface area (Å²) in [7, 11) is 1.87. The van der Waals surface area contributed by atoms with Crippen molar-refractivity contribution in [3.05, 3.63) is 29.8 Å². The summed E-state index contributed by atoms with van der Waals surface area (Å²) in [5, 5.41) is 0. The number of benzene rings is 1. The van der Waals surface area contributed by atoms with E-state index >= 15 is 0 Å². The van der Waals surface area contributed by atoms with Gasteiger partial charge in [-0.25, -0.2) is 0 Å². The van der Waals surface area contributed by atoms with Gasteiger partial charge in [-0.1, -0.05) is 26.0 Å². The number of amides is 1. The molecule has 116 valence electrons. The van der Waals surface area contributed by atoms with Crippen LogP contribution in [0.15, 0.2) is 24.3 Å². The van der Waals surface area contributed by atoms with Crippen molar-refractivity contribution in [2.75, 3.05) is 18.5 Å². The fraction of sp³-hybridized carbons (Fsp3) is 0.611. The minimum absolute atomic E-state index is 0.182. The van der Waals surface area contributed by atoms with Gasteiger partial charge in [-0.15, -0.1) is 0 Å². The normalized spacial score (nSPS) is 25.6. The van der Waals surface area contributed by atoms with Crippen LogP contribution in [0.2, 0.25) is 0 Å². The Bertz CT molecular complexity index is 472. The van der Waals surface area contributed by atoms with Crippen molar-refractivity contribution in [1.82, 2.24) is 0 Å². The lowest BCUT2D eigenvalue weighted by atomic mass is 9.70. The molecule has 3 nitrogen and oxygen atoms in total. The third kappa shape index (κ3) is 3.29. The van der Waals surface area contributed by atoms with Crippen LogP contribution in [0.4, 0.5) is 5.69 Å². The highest BCUT2D eigenvalue weighted by molar-refractivity contribution is 5.97. The Labute approximate surface area is 128 Å². The Hall–Kier alpha value is -1.35. The molecule has 1 aliphatic rings. The zero-order valence-corrected chi connectivity index (χ0v) is 13.6. The van der Waals surface area contributed by atoms with Crippen LogP contribution in [0.3, 0.4) is 0 Å². The molecule has 0 spiro atoms. The molecule has 0 radical (unpaired) electrons. The summed E-state index contributed by atoms with van der Waals surface area (Å²) in [5.41, 5.74) is 7.90. The van der Waals surface area contributed by atoms with E-state index in [1.54, 1.807) is 4.90 Å². The highest BCUT2D eigenvalue weighted by Crippen LogP contribution is 2.40. The van der Waals surface area contributed by atoms with Crippen molar-refractivity contribution in [3.8, 4) is 0 Å². The molecule has 1 aromatic carbocycles. The Balaban J connectivity index is 2.16. The molecule has 0 heterocycles. The van der Waals surface area contributed by atoms with E-state index in [2.05, 4.69) is 26.0 Å². The molecule has 0 aromatic heterocycles. The monoisotopic (exact) mass is 288 g/mol. The number of hydrogen-bond acceptors (Lipinski definition) is 2. The van der Waals surface area contributed by atoms with E-state index in [1.807, 2.05) is 19.2 Å². The summed E-state index contributed by atoms with van der Waals surface area (Å²) in [4.78, 5) is 14.8. The number of anilines is 1. The number of hydrogen-bond donors (Lipinski definition) is 1. The number of nitrogens with two attached hydrogens (primary N) is 1. The van der Waals surface area contributed by atoms with E-state index in [0.717, 1.165) is 37.8 Å². The van der Waals surface area contributed by atoms with Gasteiger partial charge in [0.25, 0.3) is 0 Å². The Kier molecular flexibility index (Phi) is 5.04. The van der Waals surface area contributed by atoms with Crippen LogP contribution < -0.4 is 10.6 Å². The van der Waals surface area contributed by atoms with Gasteiger partial charge < -0.3 is 10.6 Å². The number of carbonyl (C=O) groups excluding carboxylic acids is 1. The van der Waals surface area contributed by atoms with Gasteiger partial charge in [0, 0.05) is 19.3 Å². The zero-order valence-electron chi connectivity index (χ0n) is 13.6. The number of nitrogens with zero attached hydrogens (tertiary/aromatic N) is 1. The average molecular weight is 288 g/mol. The molecule has 2 rings (SSSR count). The number of carbonyl (C=O) groups is 1. The molecule has 21 heavy (non-hydrogen) atoms. The fourth-order valence-electron chi connectivity index (χ4n) is 3.25. The van der Waals surface area contributed by atoms with Gasteiger partial charge in [0.15, 0.2) is 0 Å². The van der Waals surface area contributed by atoms with Gasteiger partial charge in [0.1, 0.15) is 0 Å². The van der Waals surface area contributed by atoms with E-state index < -0.39 is 0 Å². The highest BCUT2D eigenvalue weighted by atomic mass is 16.2. The van der Waals surface area contributed by atoms with Crippen molar-refractivity contribution in [2.45, 2.75) is 46.0 Å². The van der Waals surface area contributed by atoms with Crippen LogP contribution >= 0.6 is 0 Å². The van der Waals surface area contributed by atoms with Crippen LogP contribution in [-0.4, -0.2) is 19.5 Å². The first-order valence-electron chi connectivity index (χ1n) is 8.09. The Morgan fingerprint density at radius 3 is 2.33 bits per heavy atom. The van der Waals surface area contributed by atoms with E-state index in [-0.39, 0.29) is 11.3 Å². The zero-order chi connectivity index (χ0) is 15.5. The second kappa shape index (κ2) is 6.61. The van der Waals surface area contributed by atoms with Crippen LogP contribution in [0.1, 0.15) is 45.1 Å². The first kappa shape index (κ1) is 16.0. The van der Waals surface area contributed by atoms with Crippen LogP contribution in [0.25, 0.3) is 0 Å². The largest absolute Gasteiger partial charge is 0.329 e. The lowest BCUT2D eigenvalue weighted by Gasteiger charge is -2.39. The van der Waals surface area contributed by atoms with E-state index in [1.165, 1.54) is 5.56 Å². The standard InChI is InChI=1S/C18H28N2O/c1-4-15-5-7-16(8-6-15)20(3)17(21)18(13-19)11-9-14(2)10-12-18/h5-8,14H,4,9-13,19H2,1-3H3. The van der Waals surface area contributed by atoms with Gasteiger partial charge in [-0.3, -0.25) is 4.79 Å². The second-order valence-corrected chi connectivity index (χ2v) is 6.55. The average Bonchev–Trinajstić information content (AvgIpc) is 2.54. The summed E-state index contributed by atoms with van der Waals surface area (Å²) in [6.45, 7) is 4.85. The molecule has 3 heteroatoms. The van der Waals surface area contributed by atoms with Crippen molar-refractivity contribution in [3.63, 3.8) is 0 Å². The molecule has 0 aliphatic heterocycles. The molecule has 1 amide bonds. The van der Waals surface area contributed by atoms with E-state index in [9.17, 15) is 4.79 Å². The van der Waals surface area contributed by atoms with Gasteiger partial charge in [0.2, 0.25) is 5.91 Å². The minimum Gasteiger partial charge on any atom is -0.329 e. The van der Waals surface area contributed by atoms with Crippen molar-refractivity contribution < 1.29 is 4.79 Å². The van der Waals surface area contributed by atoms with Crippen LogP contribution in [0.5, 0.6) is 0 Å². The molecular formula is C18H28N2O. The molecule has 0 unspecified atom stereocenters. The lowest BCUT2D eigenvalue weighted by Crippen LogP contribution is -2.48. The molecule has 1 aromatic rings. The molecule has 1 fully saturated rings. The van der Waals surface area contributed by atoms with E-state index in [0.29, 0.717) is 12.5 Å². The van der Waals surface area contributed by atoms with Crippen molar-refractivity contribution in [2.24, 2.45) is 17.1 Å². The topological polar surface area (TPSA) is 46.3 Å². The summed E-state index contributed by atoms with van der Waals surface area (Å²) in [6.07, 6.45) is 5.06. The smallest absolute Gasteiger partial charge is 0.234 e. The third-order valence-electron chi connectivity index (χ3n) is 5.11. The van der Waals surface area contributed by atoms with Crippen molar-refractivity contribution >= 4 is 11.6 Å². The third-order valence-corrected chi connectivity index (χ3v) is 5.11. The molecule has 1 saturated carbocycles. The summed E-state index contributed by atoms with van der Waals surface area (Å²) in [6, 6.07) is 8.26. The fourth-order valence-corrected chi connectivity index (χ4v) is 3.25. The predicted molar refractivity (Wildman–Crippen MR) is 88.3 cm³/mol. The maximum Gasteiger partial charge on any atom is 0.234 e. The van der Waals surface area contributed by atoms with Crippen LogP contribution in [-0.2, 0) is 11.2 Å². The van der Waals surface area contributed by atoms with Gasteiger partial charge in [-0.05, 0) is 55.7 Å². The first-order valence-corrected chi connectivity index (χ1v) is 8.09. The Morgan fingerprint density at radius 2 is 1.86 bits per heavy atom. The summed E-state index contributed by atoms with van der Waals surface area (Å²) in [5.74, 6) is 0.896. The quantitative estimate of drug-likeness (QED) is 0.923. The summed E-state index contributed by atoms with van der Waals surface area (Å²) < 4.78 is 0. The number of aryl methyl sites for hydroxylation is 1. The maximum atomic E-state index is 13.0. The molecule has 2 N–H and O–H groups in total. The number of rotatable bonds is 4. The molecule has 0 bridgehead atoms. The molecule has 0 saturated heterocycles. The SMILES string of the molecule is CCc1ccc(N(C)C(=O)C2(CN)CCC(C)CC2)cc1. The van der Waals surface area contributed by atoms with Gasteiger partial charge in [-0.2, -0.15) is 0 Å². The lowest BCUT2D eigenvalue weighted by molar-refractivity contribution is -0.129. The molecule has 1 aliphatic carbocycles. The molecular weight excluding hydrogens is 260 g/mol. The van der Waals surface area contributed by atoms with Gasteiger partial charge in [0.05, 0.1) is 5.41 Å². The van der Waals surface area contributed by atoms with Crippen LogP contribution in [0, 0.1) is 11.3 Å². The first-order chi connectivity index (χ1) is 10.0. The predicted octanol–water partition coefficient (Wildman–Crippen LogP) is 3.37. The summed E-state index contributed by atoms with van der Waals surface area (Å²) >= 11 is 0. The van der Waals surface area contributed by atoms with Gasteiger partial charge >= 0.3 is 0 Å². The van der Waals surface area contributed by atoms with E-state index in [4.69, 9.17) is 5.73 Å². The second-order valence-electron chi connectivity index (χ2n) is 6.55. The van der Waals surface area contributed by atoms with Crippen molar-refractivity contribution in [1.29, 1.82) is 0 Å². The maximum absolute atomic E-state index is 13.0. The molecule has 0 atom stereocenters. The Morgan fingerprint density at radius 1 is 1.29 bits per heavy atom. The minimum atomic E-state index is -0.356.